The summed E-state index contributed by atoms with van der Waals surface area (Å²) in [5.41, 5.74) is 5.83. The summed E-state index contributed by atoms with van der Waals surface area (Å²) >= 11 is 0. The van der Waals surface area contributed by atoms with Crippen LogP contribution in [0.2, 0.25) is 0 Å². The number of hydrogen-bond donors (Lipinski definition) is 0. The van der Waals surface area contributed by atoms with Crippen molar-refractivity contribution in [2.24, 2.45) is 7.05 Å². The maximum atomic E-state index is 11.3. The molecule has 0 fully saturated rings. The molecule has 21 heavy (non-hydrogen) atoms. The standard InChI is InChI=1S/C16H19N3O2/c1-10(6-15(20)21-5)13-7-14(9-17-8-13)16-11(2)18-19(4)12(16)3/h6-9H,1-5H3/b10-6+. The van der Waals surface area contributed by atoms with E-state index in [0.717, 1.165) is 33.7 Å². The van der Waals surface area contributed by atoms with Gasteiger partial charge in [-0.3, -0.25) is 9.67 Å². The molecule has 2 aromatic rings. The summed E-state index contributed by atoms with van der Waals surface area (Å²) in [7, 11) is 3.29. The smallest absolute Gasteiger partial charge is 0.330 e. The quantitative estimate of drug-likeness (QED) is 0.642. The number of allylic oxidation sites excluding steroid dienone is 1. The Morgan fingerprint density at radius 2 is 2.05 bits per heavy atom. The highest BCUT2D eigenvalue weighted by molar-refractivity contribution is 5.91. The first-order valence-electron chi connectivity index (χ1n) is 6.66. The van der Waals surface area contributed by atoms with Crippen molar-refractivity contribution in [3.8, 4) is 11.1 Å². The molecule has 0 aliphatic heterocycles. The van der Waals surface area contributed by atoms with Gasteiger partial charge in [-0.2, -0.15) is 5.10 Å². The van der Waals surface area contributed by atoms with Gasteiger partial charge in [0.1, 0.15) is 0 Å². The van der Waals surface area contributed by atoms with Crippen molar-refractivity contribution < 1.29 is 9.53 Å². The second kappa shape index (κ2) is 5.91. The fourth-order valence-corrected chi connectivity index (χ4v) is 2.30. The summed E-state index contributed by atoms with van der Waals surface area (Å²) in [6.45, 7) is 5.87. The highest BCUT2D eigenvalue weighted by atomic mass is 16.5. The number of ether oxygens (including phenoxy) is 1. The summed E-state index contributed by atoms with van der Waals surface area (Å²) in [4.78, 5) is 15.6. The van der Waals surface area contributed by atoms with Gasteiger partial charge in [0.2, 0.25) is 0 Å². The van der Waals surface area contributed by atoms with E-state index in [1.807, 2.05) is 44.8 Å². The van der Waals surface area contributed by atoms with Crippen LogP contribution >= 0.6 is 0 Å². The van der Waals surface area contributed by atoms with Crippen LogP contribution in [0.3, 0.4) is 0 Å². The molecule has 0 saturated heterocycles. The minimum absolute atomic E-state index is 0.369. The Balaban J connectivity index is 2.47. The molecule has 0 bridgehead atoms. The predicted octanol–water partition coefficient (Wildman–Crippen LogP) is 2.68. The Morgan fingerprint density at radius 1 is 1.33 bits per heavy atom. The van der Waals surface area contributed by atoms with Gasteiger partial charge in [-0.15, -0.1) is 0 Å². The Kier molecular flexibility index (Phi) is 4.21. The molecule has 0 aromatic carbocycles. The lowest BCUT2D eigenvalue weighted by Gasteiger charge is -2.06. The average molecular weight is 285 g/mol. The number of nitrogens with zero attached hydrogens (tertiary/aromatic N) is 3. The lowest BCUT2D eigenvalue weighted by molar-refractivity contribution is -0.134. The van der Waals surface area contributed by atoms with Crippen LogP contribution in [0.15, 0.2) is 24.5 Å². The molecule has 5 heteroatoms. The van der Waals surface area contributed by atoms with E-state index < -0.39 is 0 Å². The van der Waals surface area contributed by atoms with Crippen molar-refractivity contribution in [3.63, 3.8) is 0 Å². The van der Waals surface area contributed by atoms with Crippen LogP contribution in [0.5, 0.6) is 0 Å². The highest BCUT2D eigenvalue weighted by Crippen LogP contribution is 2.28. The summed E-state index contributed by atoms with van der Waals surface area (Å²) in [6.07, 6.45) is 5.01. The van der Waals surface area contributed by atoms with Crippen molar-refractivity contribution >= 4 is 11.5 Å². The maximum absolute atomic E-state index is 11.3. The topological polar surface area (TPSA) is 57.0 Å². The Hall–Kier alpha value is -2.43. The van der Waals surface area contributed by atoms with Crippen LogP contribution in [0.1, 0.15) is 23.9 Å². The van der Waals surface area contributed by atoms with Crippen molar-refractivity contribution in [3.05, 3.63) is 41.5 Å². The molecule has 0 saturated carbocycles. The van der Waals surface area contributed by atoms with E-state index in [4.69, 9.17) is 0 Å². The van der Waals surface area contributed by atoms with E-state index >= 15 is 0 Å². The number of esters is 1. The summed E-state index contributed by atoms with van der Waals surface area (Å²) in [5, 5.41) is 4.42. The number of hydrogen-bond acceptors (Lipinski definition) is 4. The lowest BCUT2D eigenvalue weighted by Crippen LogP contribution is -1.96. The molecule has 0 N–H and O–H groups in total. The SMILES string of the molecule is COC(=O)/C=C(\C)c1cncc(-c2c(C)nn(C)c2C)c1. The molecule has 0 unspecified atom stereocenters. The van der Waals surface area contributed by atoms with Crippen molar-refractivity contribution in [1.29, 1.82) is 0 Å². The first kappa shape index (κ1) is 15.0. The molecule has 0 radical (unpaired) electrons. The van der Waals surface area contributed by atoms with E-state index in [9.17, 15) is 4.79 Å². The number of pyridine rings is 1. The zero-order valence-corrected chi connectivity index (χ0v) is 13.0. The van der Waals surface area contributed by atoms with Crippen LogP contribution in [0.4, 0.5) is 0 Å². The number of rotatable bonds is 3. The van der Waals surface area contributed by atoms with Gasteiger partial charge in [0, 0.05) is 42.3 Å². The van der Waals surface area contributed by atoms with Crippen LogP contribution in [-0.2, 0) is 16.6 Å². The first-order chi connectivity index (χ1) is 9.93. The predicted molar refractivity (Wildman–Crippen MR) is 81.6 cm³/mol. The number of aromatic nitrogens is 3. The van der Waals surface area contributed by atoms with Crippen molar-refractivity contribution in [1.82, 2.24) is 14.8 Å². The van der Waals surface area contributed by atoms with E-state index in [1.165, 1.54) is 13.2 Å². The minimum Gasteiger partial charge on any atom is -0.466 e. The van der Waals surface area contributed by atoms with Gasteiger partial charge in [-0.25, -0.2) is 4.79 Å². The van der Waals surface area contributed by atoms with Crippen LogP contribution in [0.25, 0.3) is 16.7 Å². The van der Waals surface area contributed by atoms with E-state index in [1.54, 1.807) is 6.20 Å². The highest BCUT2D eigenvalue weighted by Gasteiger charge is 2.12. The Bertz CT molecular complexity index is 714. The first-order valence-corrected chi connectivity index (χ1v) is 6.66. The van der Waals surface area contributed by atoms with Gasteiger partial charge in [0.05, 0.1) is 12.8 Å². The van der Waals surface area contributed by atoms with Gasteiger partial charge in [0.15, 0.2) is 0 Å². The molecule has 2 rings (SSSR count). The van der Waals surface area contributed by atoms with Gasteiger partial charge in [0.25, 0.3) is 0 Å². The summed E-state index contributed by atoms with van der Waals surface area (Å²) in [6, 6.07) is 2.01. The van der Waals surface area contributed by atoms with Gasteiger partial charge in [-0.05, 0) is 38.0 Å². The molecule has 0 aliphatic carbocycles. The number of carbonyl (C=O) groups is 1. The molecule has 2 aromatic heterocycles. The second-order valence-corrected chi connectivity index (χ2v) is 4.98. The molecule has 0 spiro atoms. The Morgan fingerprint density at radius 3 is 2.62 bits per heavy atom. The largest absolute Gasteiger partial charge is 0.466 e. The van der Waals surface area contributed by atoms with Gasteiger partial charge >= 0.3 is 5.97 Å². The normalized spacial score (nSPS) is 11.6. The zero-order chi connectivity index (χ0) is 15.6. The molecule has 5 nitrogen and oxygen atoms in total. The van der Waals surface area contributed by atoms with E-state index in [-0.39, 0.29) is 5.97 Å². The summed E-state index contributed by atoms with van der Waals surface area (Å²) < 4.78 is 6.51. The average Bonchev–Trinajstić information content (AvgIpc) is 2.72. The molecule has 110 valence electrons. The van der Waals surface area contributed by atoms with Crippen LogP contribution < -0.4 is 0 Å². The van der Waals surface area contributed by atoms with Crippen LogP contribution in [-0.4, -0.2) is 27.8 Å². The van der Waals surface area contributed by atoms with Gasteiger partial charge < -0.3 is 4.74 Å². The monoisotopic (exact) mass is 285 g/mol. The molecular formula is C16H19N3O2. The number of methoxy groups -OCH3 is 1. The van der Waals surface area contributed by atoms with Gasteiger partial charge in [-0.1, -0.05) is 0 Å². The summed E-state index contributed by atoms with van der Waals surface area (Å²) in [5.74, 6) is -0.369. The Labute approximate surface area is 124 Å². The minimum atomic E-state index is -0.369. The molecule has 0 amide bonds. The number of carbonyl (C=O) groups excluding carboxylic acids is 1. The van der Waals surface area contributed by atoms with E-state index in [0.29, 0.717) is 0 Å². The second-order valence-electron chi connectivity index (χ2n) is 4.98. The third-order valence-electron chi connectivity index (χ3n) is 3.53. The van der Waals surface area contributed by atoms with Crippen molar-refractivity contribution in [2.45, 2.75) is 20.8 Å². The van der Waals surface area contributed by atoms with Crippen LogP contribution in [0, 0.1) is 13.8 Å². The number of aryl methyl sites for hydroxylation is 2. The zero-order valence-electron chi connectivity index (χ0n) is 13.0. The fraction of sp³-hybridized carbons (Fsp3) is 0.312. The third kappa shape index (κ3) is 3.02. The lowest BCUT2D eigenvalue weighted by atomic mass is 10.0. The molecule has 0 aliphatic rings. The maximum Gasteiger partial charge on any atom is 0.330 e. The fourth-order valence-electron chi connectivity index (χ4n) is 2.30. The van der Waals surface area contributed by atoms with E-state index in [2.05, 4.69) is 14.8 Å². The molecule has 0 atom stereocenters. The van der Waals surface area contributed by atoms with Crippen molar-refractivity contribution in [2.75, 3.05) is 7.11 Å². The molecule has 2 heterocycles. The third-order valence-corrected chi connectivity index (χ3v) is 3.53. The molecular weight excluding hydrogens is 266 g/mol.